The van der Waals surface area contributed by atoms with Crippen molar-refractivity contribution in [3.8, 4) is 0 Å². The Morgan fingerprint density at radius 2 is 0.861 bits per heavy atom. The van der Waals surface area contributed by atoms with Crippen LogP contribution in [-0.2, 0) is 14.4 Å². The topological polar surface area (TPSA) is 112 Å². The zero-order chi connectivity index (χ0) is 27.4. The van der Waals surface area contributed by atoms with Gasteiger partial charge >= 0.3 is 17.9 Å². The zero-order valence-electron chi connectivity index (χ0n) is 23.4. The molecule has 0 saturated carbocycles. The van der Waals surface area contributed by atoms with Crippen LogP contribution in [0.2, 0.25) is 0 Å². The highest BCUT2D eigenvalue weighted by atomic mass is 16.4. The summed E-state index contributed by atoms with van der Waals surface area (Å²) in [5, 5.41) is 28.9. The molecule has 0 fully saturated rings. The van der Waals surface area contributed by atoms with Crippen molar-refractivity contribution in [2.24, 2.45) is 0 Å². The van der Waals surface area contributed by atoms with Gasteiger partial charge in [-0.05, 0) is 59.3 Å². The van der Waals surface area contributed by atoms with E-state index in [0.717, 1.165) is 19.3 Å². The summed E-state index contributed by atoms with van der Waals surface area (Å²) in [7, 11) is 0. The first-order valence-electron chi connectivity index (χ1n) is 14.3. The van der Waals surface area contributed by atoms with Crippen molar-refractivity contribution in [2.75, 3.05) is 6.54 Å². The third-order valence-electron chi connectivity index (χ3n) is 7.79. The van der Waals surface area contributed by atoms with Crippen molar-refractivity contribution < 1.29 is 34.2 Å². The summed E-state index contributed by atoms with van der Waals surface area (Å²) in [5.41, 5.74) is 0. The van der Waals surface area contributed by atoms with Gasteiger partial charge in [-0.25, -0.2) is 14.4 Å². The quantitative estimate of drug-likeness (QED) is 0.0726. The van der Waals surface area contributed by atoms with Crippen LogP contribution in [0.4, 0.5) is 0 Å². The number of rotatable bonds is 24. The fourth-order valence-electron chi connectivity index (χ4n) is 5.19. The van der Waals surface area contributed by atoms with Crippen LogP contribution in [0.5, 0.6) is 0 Å². The van der Waals surface area contributed by atoms with Crippen LogP contribution in [0, 0.1) is 0 Å². The van der Waals surface area contributed by atoms with Gasteiger partial charge in [-0.3, -0.25) is 4.48 Å². The molecule has 0 bridgehead atoms. The maximum absolute atomic E-state index is 11.8. The van der Waals surface area contributed by atoms with Crippen molar-refractivity contribution >= 4 is 17.9 Å². The Morgan fingerprint density at radius 3 is 1.19 bits per heavy atom. The highest BCUT2D eigenvalue weighted by molar-refractivity contribution is 5.77. The molecule has 0 heterocycles. The maximum atomic E-state index is 11.8. The molecule has 0 aromatic carbocycles. The van der Waals surface area contributed by atoms with Gasteiger partial charge in [0.05, 0.1) is 6.54 Å². The van der Waals surface area contributed by atoms with Gasteiger partial charge in [0.2, 0.25) is 0 Å². The van der Waals surface area contributed by atoms with Crippen LogP contribution in [0.1, 0.15) is 130 Å². The van der Waals surface area contributed by atoms with Gasteiger partial charge in [-0.2, -0.15) is 0 Å². The molecule has 0 amide bonds. The van der Waals surface area contributed by atoms with Crippen molar-refractivity contribution in [2.45, 2.75) is 149 Å². The van der Waals surface area contributed by atoms with Crippen LogP contribution in [-0.4, -0.2) is 62.4 Å². The largest absolute Gasteiger partial charge is 0.477 e. The Balaban J connectivity index is 4.20. The Kier molecular flexibility index (Phi) is 19.1. The number of carboxylic acids is 3. The van der Waals surface area contributed by atoms with E-state index in [-0.39, 0.29) is 6.54 Å². The molecule has 36 heavy (non-hydrogen) atoms. The molecular formula is C29H54NO6+. The fraction of sp³-hybridized carbons (Fsp3) is 0.828. The molecule has 0 aliphatic carbocycles. The molecular weight excluding hydrogens is 458 g/mol. The van der Waals surface area contributed by atoms with E-state index in [1.54, 1.807) is 0 Å². The minimum atomic E-state index is -1.17. The molecule has 0 rings (SSSR count). The van der Waals surface area contributed by atoms with Crippen molar-refractivity contribution in [1.29, 1.82) is 0 Å². The lowest BCUT2D eigenvalue weighted by molar-refractivity contribution is -0.968. The van der Waals surface area contributed by atoms with Gasteiger partial charge in [0.25, 0.3) is 0 Å². The second-order valence-corrected chi connectivity index (χ2v) is 10.4. The standard InChI is InChI=1S/C29H53NO6/c1-5-6-7-8-9-10-11-12-13-14-15-16-17-18-19-20-21-22-23-30(24(2)27(31)32,25(3)28(33)34)26(4)29(35)36/h9-10,24-26H,5-8,11-23H2,1-4H3,(H2-,31,32,33,34,35,36)/p+1/b10-9+. The van der Waals surface area contributed by atoms with Gasteiger partial charge in [-0.15, -0.1) is 0 Å². The second kappa shape index (κ2) is 20.2. The molecule has 0 aromatic heterocycles. The van der Waals surface area contributed by atoms with E-state index in [0.29, 0.717) is 6.42 Å². The van der Waals surface area contributed by atoms with E-state index in [2.05, 4.69) is 19.1 Å². The van der Waals surface area contributed by atoms with E-state index in [4.69, 9.17) is 0 Å². The lowest BCUT2D eigenvalue weighted by Gasteiger charge is -2.47. The molecule has 3 unspecified atom stereocenters. The molecule has 7 nitrogen and oxygen atoms in total. The lowest BCUT2D eigenvalue weighted by Crippen LogP contribution is -2.70. The van der Waals surface area contributed by atoms with Crippen molar-refractivity contribution in [1.82, 2.24) is 0 Å². The summed E-state index contributed by atoms with van der Waals surface area (Å²) >= 11 is 0. The lowest BCUT2D eigenvalue weighted by atomic mass is 10.00. The van der Waals surface area contributed by atoms with Crippen LogP contribution in [0.3, 0.4) is 0 Å². The molecule has 7 heteroatoms. The SMILES string of the molecule is CCCCC/C=C/CCCCCCCCCCCCC[N+](C(C)C(=O)O)(C(C)C(=O)O)C(C)C(=O)O. The normalized spacial score (nSPS) is 15.9. The van der Waals surface area contributed by atoms with Gasteiger partial charge in [0.1, 0.15) is 0 Å². The molecule has 0 aromatic rings. The average molecular weight is 513 g/mol. The van der Waals surface area contributed by atoms with Crippen LogP contribution in [0.15, 0.2) is 12.2 Å². The molecule has 0 aliphatic rings. The number of hydrogen-bond acceptors (Lipinski definition) is 3. The predicted octanol–water partition coefficient (Wildman–Crippen LogP) is 7.04. The number of nitrogens with zero attached hydrogens (tertiary/aromatic N) is 1. The summed E-state index contributed by atoms with van der Waals surface area (Å²) in [4.78, 5) is 35.4. The first-order chi connectivity index (χ1) is 17.1. The van der Waals surface area contributed by atoms with E-state index in [9.17, 15) is 29.7 Å². The Hall–Kier alpha value is -1.89. The van der Waals surface area contributed by atoms with Crippen molar-refractivity contribution in [3.05, 3.63) is 12.2 Å². The monoisotopic (exact) mass is 512 g/mol. The number of allylic oxidation sites excluding steroid dienone is 2. The minimum absolute atomic E-state index is 0.225. The van der Waals surface area contributed by atoms with Crippen LogP contribution < -0.4 is 0 Å². The number of carbonyl (C=O) groups is 3. The maximum Gasteiger partial charge on any atom is 0.362 e. The molecule has 3 atom stereocenters. The van der Waals surface area contributed by atoms with E-state index < -0.39 is 40.5 Å². The average Bonchev–Trinajstić information content (AvgIpc) is 2.84. The summed E-state index contributed by atoms with van der Waals surface area (Å²) in [6, 6.07) is -3.36. The third kappa shape index (κ3) is 12.9. The predicted molar refractivity (Wildman–Crippen MR) is 145 cm³/mol. The molecule has 0 saturated heterocycles. The van der Waals surface area contributed by atoms with E-state index in [1.807, 2.05) is 0 Å². The molecule has 210 valence electrons. The smallest absolute Gasteiger partial charge is 0.362 e. The van der Waals surface area contributed by atoms with Gasteiger partial charge < -0.3 is 15.3 Å². The highest BCUT2D eigenvalue weighted by Gasteiger charge is 2.52. The summed E-state index contributed by atoms with van der Waals surface area (Å²) in [5.74, 6) is -3.51. The molecule has 0 aliphatic heterocycles. The van der Waals surface area contributed by atoms with E-state index in [1.165, 1.54) is 97.8 Å². The molecule has 3 N–H and O–H groups in total. The third-order valence-corrected chi connectivity index (χ3v) is 7.79. The van der Waals surface area contributed by atoms with Crippen LogP contribution in [0.25, 0.3) is 0 Å². The number of hydrogen-bond donors (Lipinski definition) is 3. The fourth-order valence-corrected chi connectivity index (χ4v) is 5.19. The number of unbranched alkanes of at least 4 members (excludes halogenated alkanes) is 14. The zero-order valence-corrected chi connectivity index (χ0v) is 23.4. The van der Waals surface area contributed by atoms with E-state index >= 15 is 0 Å². The first kappa shape index (κ1) is 34.1. The van der Waals surface area contributed by atoms with Gasteiger partial charge in [0.15, 0.2) is 18.1 Å². The number of carboxylic acid groups (broad SMARTS) is 3. The van der Waals surface area contributed by atoms with Crippen molar-refractivity contribution in [3.63, 3.8) is 0 Å². The summed E-state index contributed by atoms with van der Waals surface area (Å²) in [6.07, 6.45) is 23.4. The van der Waals surface area contributed by atoms with Gasteiger partial charge in [-0.1, -0.05) is 83.3 Å². The summed E-state index contributed by atoms with van der Waals surface area (Å²) in [6.45, 7) is 6.73. The Bertz CT molecular complexity index is 597. The second-order valence-electron chi connectivity index (χ2n) is 10.4. The first-order valence-corrected chi connectivity index (χ1v) is 14.3. The molecule has 0 spiro atoms. The Morgan fingerprint density at radius 1 is 0.556 bits per heavy atom. The number of quaternary nitrogens is 1. The highest BCUT2D eigenvalue weighted by Crippen LogP contribution is 2.27. The minimum Gasteiger partial charge on any atom is -0.477 e. The molecule has 0 radical (unpaired) electrons. The Labute approximate surface area is 219 Å². The van der Waals surface area contributed by atoms with Crippen LogP contribution >= 0.6 is 0 Å². The van der Waals surface area contributed by atoms with Gasteiger partial charge in [0, 0.05) is 0 Å². The summed E-state index contributed by atoms with van der Waals surface area (Å²) < 4.78 is -0.478. The number of aliphatic carboxylic acids is 3.